The first-order chi connectivity index (χ1) is 12.3. The minimum absolute atomic E-state index is 0.0463. The maximum absolute atomic E-state index is 12.7. The predicted molar refractivity (Wildman–Crippen MR) is 97.8 cm³/mol. The van der Waals surface area contributed by atoms with Gasteiger partial charge in [-0.15, -0.1) is 0 Å². The lowest BCUT2D eigenvalue weighted by Crippen LogP contribution is -2.29. The van der Waals surface area contributed by atoms with Crippen LogP contribution in [-0.2, 0) is 0 Å². The minimum atomic E-state index is -0.590. The van der Waals surface area contributed by atoms with Crippen LogP contribution in [0.15, 0.2) is 29.1 Å². The van der Waals surface area contributed by atoms with Crippen molar-refractivity contribution in [1.82, 2.24) is 4.57 Å². The van der Waals surface area contributed by atoms with Crippen molar-refractivity contribution in [2.24, 2.45) is 0 Å². The quantitative estimate of drug-likeness (QED) is 0.804. The first-order valence-electron chi connectivity index (χ1n) is 8.43. The molecule has 6 nitrogen and oxygen atoms in total. The Kier molecular flexibility index (Phi) is 5.83. The van der Waals surface area contributed by atoms with E-state index in [-0.39, 0.29) is 29.3 Å². The highest BCUT2D eigenvalue weighted by Crippen LogP contribution is 2.26. The molecule has 1 unspecified atom stereocenters. The Balaban J connectivity index is 2.48. The van der Waals surface area contributed by atoms with Crippen LogP contribution < -0.4 is 10.3 Å². The molecule has 1 aromatic heterocycles. The number of aromatic nitrogens is 1. The SMILES string of the molecule is CCC(C)n1c(O)c(C(=O)COc2ccccc2C)c(C)c(C#N)c1=O. The molecule has 1 atom stereocenters. The Morgan fingerprint density at radius 2 is 2.00 bits per heavy atom. The lowest BCUT2D eigenvalue weighted by Gasteiger charge is -2.19. The van der Waals surface area contributed by atoms with Crippen molar-refractivity contribution in [2.45, 2.75) is 40.2 Å². The summed E-state index contributed by atoms with van der Waals surface area (Å²) >= 11 is 0. The molecule has 0 amide bonds. The van der Waals surface area contributed by atoms with Crippen molar-refractivity contribution in [1.29, 1.82) is 5.26 Å². The third-order valence-electron chi connectivity index (χ3n) is 4.51. The van der Waals surface area contributed by atoms with Crippen LogP contribution in [0.25, 0.3) is 0 Å². The molecule has 0 saturated carbocycles. The average Bonchev–Trinajstić information content (AvgIpc) is 2.61. The number of hydrogen-bond donors (Lipinski definition) is 1. The number of carbonyl (C=O) groups excluding carboxylic acids is 1. The molecule has 0 fully saturated rings. The summed E-state index contributed by atoms with van der Waals surface area (Å²) in [5, 5.41) is 19.9. The summed E-state index contributed by atoms with van der Waals surface area (Å²) in [4.78, 5) is 25.2. The van der Waals surface area contributed by atoms with Crippen LogP contribution in [0.4, 0.5) is 0 Å². The first kappa shape index (κ1) is 19.3. The molecule has 1 aromatic carbocycles. The van der Waals surface area contributed by atoms with E-state index in [0.29, 0.717) is 12.2 Å². The number of aromatic hydroxyl groups is 1. The van der Waals surface area contributed by atoms with E-state index in [4.69, 9.17) is 4.74 Å². The van der Waals surface area contributed by atoms with E-state index in [0.717, 1.165) is 10.1 Å². The summed E-state index contributed by atoms with van der Waals surface area (Å²) in [6, 6.07) is 8.77. The fourth-order valence-electron chi connectivity index (χ4n) is 2.78. The van der Waals surface area contributed by atoms with Crippen LogP contribution in [-0.4, -0.2) is 22.1 Å². The number of benzene rings is 1. The Hall–Kier alpha value is -3.07. The molecule has 1 heterocycles. The Labute approximate surface area is 152 Å². The van der Waals surface area contributed by atoms with E-state index in [1.54, 1.807) is 19.1 Å². The number of nitriles is 1. The number of hydrogen-bond acceptors (Lipinski definition) is 5. The van der Waals surface area contributed by atoms with E-state index in [2.05, 4.69) is 0 Å². The molecule has 2 rings (SSSR count). The summed E-state index contributed by atoms with van der Waals surface area (Å²) in [5.41, 5.74) is 0.280. The highest BCUT2D eigenvalue weighted by atomic mass is 16.5. The summed E-state index contributed by atoms with van der Waals surface area (Å²) in [5.74, 6) is -0.343. The van der Waals surface area contributed by atoms with Crippen LogP contribution >= 0.6 is 0 Å². The third-order valence-corrected chi connectivity index (χ3v) is 4.51. The molecule has 0 aliphatic carbocycles. The van der Waals surface area contributed by atoms with Gasteiger partial charge in [-0.1, -0.05) is 25.1 Å². The van der Waals surface area contributed by atoms with Gasteiger partial charge in [0.15, 0.2) is 6.61 Å². The van der Waals surface area contributed by atoms with Gasteiger partial charge in [-0.25, -0.2) is 0 Å². The number of rotatable bonds is 6. The number of pyridine rings is 1. The fraction of sp³-hybridized carbons (Fsp3) is 0.350. The molecule has 2 aromatic rings. The van der Waals surface area contributed by atoms with Crippen LogP contribution in [0.1, 0.15) is 53.4 Å². The number of ketones is 1. The molecular weight excluding hydrogens is 332 g/mol. The molecule has 26 heavy (non-hydrogen) atoms. The maximum atomic E-state index is 12.7. The van der Waals surface area contributed by atoms with Crippen LogP contribution in [0, 0.1) is 25.2 Å². The summed E-state index contributed by atoms with van der Waals surface area (Å²) < 4.78 is 6.67. The Bertz CT molecular complexity index is 938. The number of nitrogens with zero attached hydrogens (tertiary/aromatic N) is 2. The normalized spacial score (nSPS) is 11.7. The van der Waals surface area contributed by atoms with Crippen molar-refractivity contribution in [2.75, 3.05) is 6.61 Å². The maximum Gasteiger partial charge on any atom is 0.271 e. The standard InChI is InChI=1S/C20H22N2O4/c1-5-13(3)22-19(24)15(10-21)14(4)18(20(22)25)16(23)11-26-17-9-7-6-8-12(17)2/h6-9,13,25H,5,11H2,1-4H3. The summed E-state index contributed by atoms with van der Waals surface area (Å²) in [7, 11) is 0. The van der Waals surface area contributed by atoms with Gasteiger partial charge < -0.3 is 9.84 Å². The fourth-order valence-corrected chi connectivity index (χ4v) is 2.78. The van der Waals surface area contributed by atoms with Gasteiger partial charge in [0.1, 0.15) is 17.4 Å². The molecule has 0 saturated heterocycles. The third kappa shape index (κ3) is 3.47. The molecule has 6 heteroatoms. The minimum Gasteiger partial charge on any atom is -0.494 e. The van der Waals surface area contributed by atoms with Crippen LogP contribution in [0.5, 0.6) is 11.6 Å². The lowest BCUT2D eigenvalue weighted by molar-refractivity contribution is 0.0915. The van der Waals surface area contributed by atoms with Gasteiger partial charge in [0, 0.05) is 6.04 Å². The number of Topliss-reactive ketones (excluding diaryl/α,β-unsaturated/α-hetero) is 1. The van der Waals surface area contributed by atoms with E-state index in [1.807, 2.05) is 32.0 Å². The van der Waals surface area contributed by atoms with E-state index in [9.17, 15) is 20.0 Å². The van der Waals surface area contributed by atoms with Gasteiger partial charge in [0.25, 0.3) is 5.56 Å². The lowest BCUT2D eigenvalue weighted by atomic mass is 10.0. The molecule has 0 radical (unpaired) electrons. The van der Waals surface area contributed by atoms with Gasteiger partial charge in [0.05, 0.1) is 5.56 Å². The Morgan fingerprint density at radius 3 is 2.58 bits per heavy atom. The van der Waals surface area contributed by atoms with Gasteiger partial charge in [0.2, 0.25) is 11.7 Å². The van der Waals surface area contributed by atoms with Crippen molar-refractivity contribution in [3.63, 3.8) is 0 Å². The van der Waals surface area contributed by atoms with Crippen molar-refractivity contribution < 1.29 is 14.6 Å². The number of aryl methyl sites for hydroxylation is 1. The molecule has 0 aliphatic heterocycles. The topological polar surface area (TPSA) is 92.3 Å². The monoisotopic (exact) mass is 354 g/mol. The second-order valence-electron chi connectivity index (χ2n) is 6.22. The zero-order chi connectivity index (χ0) is 19.4. The second kappa shape index (κ2) is 7.87. The molecule has 0 spiro atoms. The predicted octanol–water partition coefficient (Wildman–Crippen LogP) is 3.28. The Morgan fingerprint density at radius 1 is 1.35 bits per heavy atom. The summed E-state index contributed by atoms with van der Waals surface area (Å²) in [6.07, 6.45) is 0.564. The van der Waals surface area contributed by atoms with Gasteiger partial charge in [-0.05, 0) is 44.4 Å². The highest BCUT2D eigenvalue weighted by Gasteiger charge is 2.25. The first-order valence-corrected chi connectivity index (χ1v) is 8.43. The largest absolute Gasteiger partial charge is 0.494 e. The number of carbonyl (C=O) groups is 1. The molecular formula is C20H22N2O4. The van der Waals surface area contributed by atoms with Crippen LogP contribution in [0.3, 0.4) is 0 Å². The zero-order valence-electron chi connectivity index (χ0n) is 15.4. The number of ether oxygens (including phenoxy) is 1. The van der Waals surface area contributed by atoms with E-state index >= 15 is 0 Å². The van der Waals surface area contributed by atoms with E-state index < -0.39 is 17.2 Å². The van der Waals surface area contributed by atoms with Gasteiger partial charge in [-0.3, -0.25) is 14.2 Å². The van der Waals surface area contributed by atoms with Crippen molar-refractivity contribution in [3.8, 4) is 17.7 Å². The molecule has 0 bridgehead atoms. The second-order valence-corrected chi connectivity index (χ2v) is 6.22. The smallest absolute Gasteiger partial charge is 0.271 e. The van der Waals surface area contributed by atoms with E-state index in [1.165, 1.54) is 6.92 Å². The molecule has 1 N–H and O–H groups in total. The molecule has 0 aliphatic rings. The molecule has 136 valence electrons. The highest BCUT2D eigenvalue weighted by molar-refractivity contribution is 6.01. The van der Waals surface area contributed by atoms with Gasteiger partial charge >= 0.3 is 0 Å². The van der Waals surface area contributed by atoms with Crippen LogP contribution in [0.2, 0.25) is 0 Å². The van der Waals surface area contributed by atoms with Gasteiger partial charge in [-0.2, -0.15) is 5.26 Å². The zero-order valence-corrected chi connectivity index (χ0v) is 15.4. The number of para-hydroxylation sites is 1. The summed E-state index contributed by atoms with van der Waals surface area (Å²) in [6.45, 7) is 6.64. The average molecular weight is 354 g/mol. The van der Waals surface area contributed by atoms with Crippen molar-refractivity contribution in [3.05, 3.63) is 56.9 Å². The van der Waals surface area contributed by atoms with Crippen molar-refractivity contribution >= 4 is 5.78 Å².